The molecule has 3 saturated carbocycles. The molecule has 1 aromatic rings. The van der Waals surface area contributed by atoms with Crippen LogP contribution in [0.25, 0.3) is 0 Å². The molecule has 0 saturated heterocycles. The van der Waals surface area contributed by atoms with Crippen LogP contribution in [0.15, 0.2) is 30.3 Å². The molecule has 3 fully saturated rings. The summed E-state index contributed by atoms with van der Waals surface area (Å²) in [6.45, 7) is 0.333. The fraction of sp³-hybridized carbons (Fsp3) is 0.462. The Hall–Kier alpha value is -1.35. The van der Waals surface area contributed by atoms with Gasteiger partial charge in [-0.3, -0.25) is 4.79 Å². The van der Waals surface area contributed by atoms with Gasteiger partial charge in [0, 0.05) is 0 Å². The first-order valence-corrected chi connectivity index (χ1v) is 5.56. The van der Waals surface area contributed by atoms with E-state index in [4.69, 9.17) is 4.74 Å². The van der Waals surface area contributed by atoms with Crippen LogP contribution in [-0.4, -0.2) is 16.7 Å². The molecule has 3 nitrogen and oxygen atoms in total. The smallest absolute Gasteiger partial charge is 0.312 e. The van der Waals surface area contributed by atoms with E-state index in [1.54, 1.807) is 0 Å². The number of rotatable bonds is 3. The predicted octanol–water partition coefficient (Wildman–Crippen LogP) is 1.64. The molecule has 3 aliphatic carbocycles. The number of carbonyl (C=O) groups excluding carboxylic acids is 1. The highest BCUT2D eigenvalue weighted by atomic mass is 16.5. The number of hydrogen-bond acceptors (Lipinski definition) is 3. The molecule has 16 heavy (non-hydrogen) atoms. The molecule has 1 aromatic carbocycles. The summed E-state index contributed by atoms with van der Waals surface area (Å²) in [6, 6.07) is 9.65. The zero-order chi connectivity index (χ0) is 11.2. The lowest BCUT2D eigenvalue weighted by Crippen LogP contribution is -2.70. The molecule has 3 aliphatic rings. The van der Waals surface area contributed by atoms with Crippen molar-refractivity contribution in [2.24, 2.45) is 5.41 Å². The first-order chi connectivity index (χ1) is 7.62. The molecule has 0 aromatic heterocycles. The first-order valence-electron chi connectivity index (χ1n) is 5.56. The maximum absolute atomic E-state index is 11.8. The zero-order valence-corrected chi connectivity index (χ0v) is 8.98. The van der Waals surface area contributed by atoms with Gasteiger partial charge in [0.15, 0.2) is 0 Å². The van der Waals surface area contributed by atoms with Crippen LogP contribution >= 0.6 is 0 Å². The molecule has 0 amide bonds. The van der Waals surface area contributed by atoms with Crippen LogP contribution in [-0.2, 0) is 16.1 Å². The number of benzene rings is 1. The van der Waals surface area contributed by atoms with Crippen LogP contribution in [0.5, 0.6) is 0 Å². The molecule has 1 N–H and O–H groups in total. The number of carbonyl (C=O) groups is 1. The molecule has 0 unspecified atom stereocenters. The molecular formula is C13H14O3. The van der Waals surface area contributed by atoms with E-state index in [1.165, 1.54) is 0 Å². The quantitative estimate of drug-likeness (QED) is 0.784. The third-order valence-electron chi connectivity index (χ3n) is 3.65. The maximum Gasteiger partial charge on any atom is 0.312 e. The maximum atomic E-state index is 11.8. The Labute approximate surface area is 94.0 Å². The SMILES string of the molecule is O=C(OCc1ccccc1)C12CC(O)(C1)C2. The van der Waals surface area contributed by atoms with E-state index in [2.05, 4.69) is 0 Å². The minimum atomic E-state index is -0.536. The summed E-state index contributed by atoms with van der Waals surface area (Å²) in [5.41, 5.74) is 0.121. The van der Waals surface area contributed by atoms with E-state index in [0.717, 1.165) is 5.56 Å². The highest BCUT2D eigenvalue weighted by Crippen LogP contribution is 2.67. The summed E-state index contributed by atoms with van der Waals surface area (Å²) in [5.74, 6) is -0.146. The minimum Gasteiger partial charge on any atom is -0.460 e. The Morgan fingerprint density at radius 2 is 1.88 bits per heavy atom. The second kappa shape index (κ2) is 3.08. The van der Waals surface area contributed by atoms with Gasteiger partial charge < -0.3 is 9.84 Å². The van der Waals surface area contributed by atoms with Crippen molar-refractivity contribution >= 4 is 5.97 Å². The van der Waals surface area contributed by atoms with Gasteiger partial charge in [-0.25, -0.2) is 0 Å². The molecular weight excluding hydrogens is 204 g/mol. The molecule has 2 bridgehead atoms. The normalized spacial score (nSPS) is 34.8. The third-order valence-corrected chi connectivity index (χ3v) is 3.65. The van der Waals surface area contributed by atoms with Gasteiger partial charge in [-0.1, -0.05) is 30.3 Å². The molecule has 84 valence electrons. The summed E-state index contributed by atoms with van der Waals surface area (Å²) >= 11 is 0. The van der Waals surface area contributed by atoms with Crippen LogP contribution in [0.4, 0.5) is 0 Å². The van der Waals surface area contributed by atoms with Crippen molar-refractivity contribution < 1.29 is 14.6 Å². The molecule has 4 rings (SSSR count). The largest absolute Gasteiger partial charge is 0.460 e. The monoisotopic (exact) mass is 218 g/mol. The van der Waals surface area contributed by atoms with Crippen LogP contribution < -0.4 is 0 Å². The van der Waals surface area contributed by atoms with Gasteiger partial charge in [0.1, 0.15) is 6.61 Å². The Morgan fingerprint density at radius 3 is 2.44 bits per heavy atom. The number of hydrogen-bond donors (Lipinski definition) is 1. The average molecular weight is 218 g/mol. The van der Waals surface area contributed by atoms with E-state index in [9.17, 15) is 9.90 Å². The second-order valence-electron chi connectivity index (χ2n) is 5.10. The van der Waals surface area contributed by atoms with E-state index in [1.807, 2.05) is 30.3 Å². The van der Waals surface area contributed by atoms with Crippen LogP contribution in [0.1, 0.15) is 24.8 Å². The van der Waals surface area contributed by atoms with Gasteiger partial charge in [-0.05, 0) is 24.8 Å². The van der Waals surface area contributed by atoms with Crippen LogP contribution in [0.3, 0.4) is 0 Å². The fourth-order valence-electron chi connectivity index (χ4n) is 2.83. The van der Waals surface area contributed by atoms with Crippen molar-refractivity contribution in [3.63, 3.8) is 0 Å². The van der Waals surface area contributed by atoms with Crippen molar-refractivity contribution in [3.05, 3.63) is 35.9 Å². The standard InChI is InChI=1S/C13H14O3/c14-11(12-7-13(15,8-12)9-12)16-6-10-4-2-1-3-5-10/h1-5,15H,6-9H2. The highest BCUT2D eigenvalue weighted by molar-refractivity contribution is 5.81. The Bertz CT molecular complexity index is 404. The minimum absolute atomic E-state index is 0.146. The van der Waals surface area contributed by atoms with Crippen molar-refractivity contribution in [1.82, 2.24) is 0 Å². The summed E-state index contributed by atoms with van der Waals surface area (Å²) in [7, 11) is 0. The van der Waals surface area contributed by atoms with Crippen LogP contribution in [0, 0.1) is 5.41 Å². The highest BCUT2D eigenvalue weighted by Gasteiger charge is 2.72. The Balaban J connectivity index is 1.55. The van der Waals surface area contributed by atoms with E-state index >= 15 is 0 Å². The fourth-order valence-corrected chi connectivity index (χ4v) is 2.83. The van der Waals surface area contributed by atoms with Gasteiger partial charge in [-0.15, -0.1) is 0 Å². The second-order valence-corrected chi connectivity index (χ2v) is 5.10. The van der Waals surface area contributed by atoms with Gasteiger partial charge in [0.25, 0.3) is 0 Å². The molecule has 3 heteroatoms. The van der Waals surface area contributed by atoms with Crippen LogP contribution in [0.2, 0.25) is 0 Å². The number of esters is 1. The van der Waals surface area contributed by atoms with Crippen molar-refractivity contribution in [2.45, 2.75) is 31.5 Å². The Kier molecular flexibility index (Phi) is 1.89. The lowest BCUT2D eigenvalue weighted by molar-refractivity contribution is -0.264. The third kappa shape index (κ3) is 1.35. The van der Waals surface area contributed by atoms with Gasteiger partial charge in [0.05, 0.1) is 11.0 Å². The molecule has 0 aliphatic heterocycles. The lowest BCUT2D eigenvalue weighted by Gasteiger charge is -2.65. The van der Waals surface area contributed by atoms with Gasteiger partial charge >= 0.3 is 5.97 Å². The van der Waals surface area contributed by atoms with E-state index in [-0.39, 0.29) is 11.4 Å². The van der Waals surface area contributed by atoms with Gasteiger partial charge in [-0.2, -0.15) is 0 Å². The van der Waals surface area contributed by atoms with Crippen molar-refractivity contribution in [2.75, 3.05) is 0 Å². The summed E-state index contributed by atoms with van der Waals surface area (Å²) < 4.78 is 5.27. The lowest BCUT2D eigenvalue weighted by atomic mass is 9.41. The summed E-state index contributed by atoms with van der Waals surface area (Å²) in [4.78, 5) is 11.8. The molecule has 0 spiro atoms. The number of ether oxygens (including phenoxy) is 1. The average Bonchev–Trinajstić information content (AvgIpc) is 2.22. The summed E-state index contributed by atoms with van der Waals surface area (Å²) in [5, 5.41) is 9.57. The summed E-state index contributed by atoms with van der Waals surface area (Å²) in [6.07, 6.45) is 1.77. The zero-order valence-electron chi connectivity index (χ0n) is 8.98. The Morgan fingerprint density at radius 1 is 1.25 bits per heavy atom. The first kappa shape index (κ1) is 9.85. The molecule has 0 radical (unpaired) electrons. The van der Waals surface area contributed by atoms with E-state index < -0.39 is 5.60 Å². The number of aliphatic hydroxyl groups is 1. The molecule has 0 heterocycles. The topological polar surface area (TPSA) is 46.5 Å². The van der Waals surface area contributed by atoms with E-state index in [0.29, 0.717) is 25.9 Å². The molecule has 0 atom stereocenters. The van der Waals surface area contributed by atoms with Gasteiger partial charge in [0.2, 0.25) is 0 Å². The van der Waals surface area contributed by atoms with Crippen molar-refractivity contribution in [3.8, 4) is 0 Å². The predicted molar refractivity (Wildman–Crippen MR) is 57.5 cm³/mol. The van der Waals surface area contributed by atoms with Crippen molar-refractivity contribution in [1.29, 1.82) is 0 Å².